The Morgan fingerprint density at radius 2 is 1.68 bits per heavy atom. The minimum absolute atomic E-state index is 0.0395. The monoisotopic (exact) mass is 531 g/mol. The number of hydrazone groups is 1. The maximum atomic E-state index is 14.4. The van der Waals surface area contributed by atoms with Crippen molar-refractivity contribution < 1.29 is 27.5 Å². The van der Waals surface area contributed by atoms with E-state index in [-0.39, 0.29) is 29.9 Å². The van der Waals surface area contributed by atoms with Crippen molar-refractivity contribution in [3.05, 3.63) is 53.1 Å². The minimum Gasteiger partial charge on any atom is -0.372 e. The molecule has 0 N–H and O–H groups in total. The molecule has 3 aliphatic heterocycles. The number of aromatic nitrogens is 2. The lowest BCUT2D eigenvalue weighted by Gasteiger charge is -2.39. The van der Waals surface area contributed by atoms with Crippen molar-refractivity contribution in [2.75, 3.05) is 44.2 Å². The lowest BCUT2D eigenvalue weighted by molar-refractivity contribution is -0.0687. The number of piperazine rings is 1. The number of hydrogen-bond donors (Lipinski definition) is 0. The molecule has 1 aromatic carbocycles. The molecule has 3 amide bonds. The molecule has 0 radical (unpaired) electrons. The van der Waals surface area contributed by atoms with Crippen LogP contribution in [0, 0.1) is 17.5 Å². The van der Waals surface area contributed by atoms with Gasteiger partial charge in [0, 0.05) is 58.0 Å². The van der Waals surface area contributed by atoms with E-state index in [4.69, 9.17) is 4.74 Å². The van der Waals surface area contributed by atoms with Gasteiger partial charge in [-0.2, -0.15) is 5.10 Å². The highest BCUT2D eigenvalue weighted by Gasteiger charge is 2.36. The van der Waals surface area contributed by atoms with Gasteiger partial charge in [-0.1, -0.05) is 0 Å². The highest BCUT2D eigenvalue weighted by molar-refractivity contribution is 5.93. The highest BCUT2D eigenvalue weighted by atomic mass is 19.1. The molecule has 202 valence electrons. The number of carbonyl (C=O) groups excluding carboxylic acids is 2. The number of benzene rings is 1. The molecule has 0 saturated carbocycles. The Morgan fingerprint density at radius 1 is 1.00 bits per heavy atom. The molecular weight excluding hydrogens is 503 g/mol. The maximum Gasteiger partial charge on any atom is 0.341 e. The third kappa shape index (κ3) is 5.28. The second kappa shape index (κ2) is 10.6. The number of carbonyl (C=O) groups is 2. The first kappa shape index (κ1) is 25.9. The van der Waals surface area contributed by atoms with Crippen molar-refractivity contribution in [3.8, 4) is 0 Å². The summed E-state index contributed by atoms with van der Waals surface area (Å²) in [6, 6.07) is 2.18. The number of hydrogen-bond acceptors (Lipinski definition) is 7. The van der Waals surface area contributed by atoms with Gasteiger partial charge in [0.15, 0.2) is 11.5 Å². The van der Waals surface area contributed by atoms with Crippen LogP contribution in [0.1, 0.15) is 42.4 Å². The van der Waals surface area contributed by atoms with Crippen molar-refractivity contribution in [2.24, 2.45) is 5.10 Å². The zero-order valence-corrected chi connectivity index (χ0v) is 21.1. The van der Waals surface area contributed by atoms with Crippen molar-refractivity contribution in [1.82, 2.24) is 24.8 Å². The standard InChI is InChI=1S/C25H28F3N7O3/c1-15(2)38-19-13-34(14-19)23(36)22-20(28)12-29-24(31-22)32-5-7-33(8-6-32)25(37)35-21(3-4-30-35)16-9-17(26)11-18(27)10-16/h4,9-12,15,19,21H,3,5-8,13-14H2,1-2H3. The summed E-state index contributed by atoms with van der Waals surface area (Å²) in [5.41, 5.74) is 0.0289. The first-order chi connectivity index (χ1) is 18.2. The number of urea groups is 1. The molecule has 1 atom stereocenters. The average molecular weight is 532 g/mol. The van der Waals surface area contributed by atoms with Crippen LogP contribution in [-0.2, 0) is 4.74 Å². The molecule has 2 fully saturated rings. The minimum atomic E-state index is -0.799. The van der Waals surface area contributed by atoms with Gasteiger partial charge in [-0.3, -0.25) is 4.79 Å². The number of nitrogens with zero attached hydrogens (tertiary/aromatic N) is 7. The van der Waals surface area contributed by atoms with E-state index in [9.17, 15) is 22.8 Å². The number of halogens is 3. The van der Waals surface area contributed by atoms with E-state index in [2.05, 4.69) is 15.1 Å². The van der Waals surface area contributed by atoms with E-state index in [1.54, 1.807) is 16.0 Å². The Morgan fingerprint density at radius 3 is 2.34 bits per heavy atom. The van der Waals surface area contributed by atoms with Crippen LogP contribution in [0.2, 0.25) is 0 Å². The van der Waals surface area contributed by atoms with Gasteiger partial charge in [0.25, 0.3) is 5.91 Å². The highest BCUT2D eigenvalue weighted by Crippen LogP contribution is 2.30. The summed E-state index contributed by atoms with van der Waals surface area (Å²) in [4.78, 5) is 39.1. The Balaban J connectivity index is 1.21. The molecule has 0 spiro atoms. The number of ether oxygens (including phenoxy) is 1. The normalized spacial score (nSPS) is 19.9. The maximum absolute atomic E-state index is 14.4. The van der Waals surface area contributed by atoms with E-state index in [0.29, 0.717) is 51.3 Å². The molecule has 2 saturated heterocycles. The van der Waals surface area contributed by atoms with Crippen LogP contribution >= 0.6 is 0 Å². The van der Waals surface area contributed by atoms with Gasteiger partial charge < -0.3 is 19.4 Å². The summed E-state index contributed by atoms with van der Waals surface area (Å²) in [5, 5.41) is 5.37. The van der Waals surface area contributed by atoms with Crippen molar-refractivity contribution >= 4 is 24.1 Å². The average Bonchev–Trinajstić information content (AvgIpc) is 3.35. The first-order valence-electron chi connectivity index (χ1n) is 12.5. The van der Waals surface area contributed by atoms with Gasteiger partial charge in [-0.25, -0.2) is 32.9 Å². The number of anilines is 1. The second-order valence-corrected chi connectivity index (χ2v) is 9.74. The topological polar surface area (TPSA) is 94.5 Å². The second-order valence-electron chi connectivity index (χ2n) is 9.74. The predicted molar refractivity (Wildman–Crippen MR) is 131 cm³/mol. The Bertz CT molecular complexity index is 1230. The van der Waals surface area contributed by atoms with E-state index in [1.165, 1.54) is 22.0 Å². The fraction of sp³-hybridized carbons (Fsp3) is 0.480. The zero-order chi connectivity index (χ0) is 27.0. The largest absolute Gasteiger partial charge is 0.372 e. The number of amides is 3. The smallest absolute Gasteiger partial charge is 0.341 e. The molecule has 0 bridgehead atoms. The fourth-order valence-corrected chi connectivity index (χ4v) is 4.77. The third-order valence-electron chi connectivity index (χ3n) is 6.66. The molecule has 13 heteroatoms. The SMILES string of the molecule is CC(C)OC1CN(C(=O)c2nc(N3CCN(C(=O)N4N=CCC4c4cc(F)cc(F)c4)CC3)ncc2F)C1. The lowest BCUT2D eigenvalue weighted by Crippen LogP contribution is -2.55. The summed E-state index contributed by atoms with van der Waals surface area (Å²) in [7, 11) is 0. The third-order valence-corrected chi connectivity index (χ3v) is 6.66. The first-order valence-corrected chi connectivity index (χ1v) is 12.5. The van der Waals surface area contributed by atoms with Crippen molar-refractivity contribution in [1.29, 1.82) is 0 Å². The Hall–Kier alpha value is -3.74. The summed E-state index contributed by atoms with van der Waals surface area (Å²) < 4.78 is 47.6. The molecule has 3 aliphatic rings. The van der Waals surface area contributed by atoms with Crippen molar-refractivity contribution in [3.63, 3.8) is 0 Å². The fourth-order valence-electron chi connectivity index (χ4n) is 4.77. The van der Waals surface area contributed by atoms with Crippen molar-refractivity contribution in [2.45, 2.75) is 38.5 Å². The molecule has 38 heavy (non-hydrogen) atoms. The number of likely N-dealkylation sites (tertiary alicyclic amines) is 1. The molecule has 4 heterocycles. The lowest BCUT2D eigenvalue weighted by atomic mass is 10.0. The predicted octanol–water partition coefficient (Wildman–Crippen LogP) is 2.82. The van der Waals surface area contributed by atoms with Gasteiger partial charge >= 0.3 is 6.03 Å². The molecule has 5 rings (SSSR count). The molecular formula is C25H28F3N7O3. The van der Waals surface area contributed by atoms with Crippen LogP contribution in [-0.4, -0.2) is 94.4 Å². The summed E-state index contributed by atoms with van der Waals surface area (Å²) in [6.45, 7) is 5.84. The van der Waals surface area contributed by atoms with Crippen LogP contribution in [0.25, 0.3) is 0 Å². The molecule has 2 aromatic rings. The van der Waals surface area contributed by atoms with Gasteiger partial charge in [0.1, 0.15) is 11.6 Å². The number of rotatable bonds is 5. The van der Waals surface area contributed by atoms with E-state index < -0.39 is 29.4 Å². The van der Waals surface area contributed by atoms with Gasteiger partial charge in [0.2, 0.25) is 5.95 Å². The van der Waals surface area contributed by atoms with Gasteiger partial charge in [-0.05, 0) is 31.5 Å². The van der Waals surface area contributed by atoms with E-state index >= 15 is 0 Å². The van der Waals surface area contributed by atoms with Crippen LogP contribution in [0.5, 0.6) is 0 Å². The molecule has 0 aliphatic carbocycles. The van der Waals surface area contributed by atoms with E-state index in [0.717, 1.165) is 12.3 Å². The Kier molecular flexibility index (Phi) is 7.19. The van der Waals surface area contributed by atoms with Crippen LogP contribution in [0.3, 0.4) is 0 Å². The Labute approximate surface area is 217 Å². The summed E-state index contributed by atoms with van der Waals surface area (Å²) in [5.74, 6) is -2.56. The molecule has 10 nitrogen and oxygen atoms in total. The zero-order valence-electron chi connectivity index (χ0n) is 21.1. The van der Waals surface area contributed by atoms with Crippen LogP contribution in [0.4, 0.5) is 23.9 Å². The van der Waals surface area contributed by atoms with Crippen LogP contribution < -0.4 is 4.90 Å². The van der Waals surface area contributed by atoms with Gasteiger partial charge in [-0.15, -0.1) is 0 Å². The van der Waals surface area contributed by atoms with Gasteiger partial charge in [0.05, 0.1) is 24.4 Å². The molecule has 1 unspecified atom stereocenters. The molecule has 1 aromatic heterocycles. The van der Waals surface area contributed by atoms with E-state index in [1.807, 2.05) is 13.8 Å². The quantitative estimate of drug-likeness (QED) is 0.589. The van der Waals surface area contributed by atoms with Crippen LogP contribution in [0.15, 0.2) is 29.5 Å². The summed E-state index contributed by atoms with van der Waals surface area (Å²) in [6.07, 6.45) is 2.83. The summed E-state index contributed by atoms with van der Waals surface area (Å²) >= 11 is 0.